The molecule has 1 aromatic carbocycles. The largest absolute Gasteiger partial charge is 0.419 e. The molecule has 12 nitrogen and oxygen atoms in total. The molecule has 4 aromatic rings. The van der Waals surface area contributed by atoms with Gasteiger partial charge in [-0.25, -0.2) is 18.7 Å². The van der Waals surface area contributed by atoms with E-state index in [0.29, 0.717) is 17.6 Å². The van der Waals surface area contributed by atoms with Crippen LogP contribution in [-0.4, -0.2) is 49.7 Å². The summed E-state index contributed by atoms with van der Waals surface area (Å²) in [5.41, 5.74) is 1.37. The van der Waals surface area contributed by atoms with Gasteiger partial charge in [0.1, 0.15) is 11.9 Å². The van der Waals surface area contributed by atoms with Crippen LogP contribution in [0.2, 0.25) is 0 Å². The van der Waals surface area contributed by atoms with Gasteiger partial charge in [0.15, 0.2) is 17.0 Å². The van der Waals surface area contributed by atoms with Gasteiger partial charge in [0.25, 0.3) is 5.91 Å². The molecule has 3 fully saturated rings. The molecule has 1 atom stereocenters. The molecule has 3 saturated carbocycles. The summed E-state index contributed by atoms with van der Waals surface area (Å²) >= 11 is 0. The molecule has 1 unspecified atom stereocenters. The molecule has 3 aromatic heterocycles. The predicted molar refractivity (Wildman–Crippen MR) is 145 cm³/mol. The Kier molecular flexibility index (Phi) is 6.65. The predicted octanol–water partition coefficient (Wildman–Crippen LogP) is 1.91. The van der Waals surface area contributed by atoms with Crippen LogP contribution in [0.5, 0.6) is 0 Å². The second-order valence-corrected chi connectivity index (χ2v) is 11.3. The first-order valence-corrected chi connectivity index (χ1v) is 13.7. The summed E-state index contributed by atoms with van der Waals surface area (Å²) in [5.74, 6) is -1.55. The molecular weight excluding hydrogens is 533 g/mol. The van der Waals surface area contributed by atoms with Crippen LogP contribution in [0.15, 0.2) is 39.7 Å². The number of aliphatic hydroxyl groups is 1. The zero-order valence-electron chi connectivity index (χ0n) is 22.9. The summed E-state index contributed by atoms with van der Waals surface area (Å²) in [6.45, 7) is 0.630. The van der Waals surface area contributed by atoms with E-state index in [1.165, 1.54) is 10.6 Å². The van der Waals surface area contributed by atoms with Crippen LogP contribution in [0.1, 0.15) is 66.5 Å². The lowest BCUT2D eigenvalue weighted by molar-refractivity contribution is -0.139. The van der Waals surface area contributed by atoms with Crippen molar-refractivity contribution in [2.45, 2.75) is 51.3 Å². The minimum atomic E-state index is -1.32. The molecule has 216 valence electrons. The maximum Gasteiger partial charge on any atom is 0.419 e. The summed E-state index contributed by atoms with van der Waals surface area (Å²) < 4.78 is 22.2. The lowest BCUT2D eigenvalue weighted by atomic mass is 9.53. The van der Waals surface area contributed by atoms with E-state index in [2.05, 4.69) is 26.0 Å². The summed E-state index contributed by atoms with van der Waals surface area (Å²) in [4.78, 5) is 41.8. The fourth-order valence-electron chi connectivity index (χ4n) is 6.35. The Morgan fingerprint density at radius 3 is 2.61 bits per heavy atom. The Hall–Kier alpha value is -4.10. The molecule has 7 rings (SSSR count). The highest BCUT2D eigenvalue weighted by Gasteiger charge is 2.52. The van der Waals surface area contributed by atoms with Crippen molar-refractivity contribution in [2.75, 3.05) is 13.6 Å². The molecule has 13 heteroatoms. The van der Waals surface area contributed by atoms with Gasteiger partial charge in [-0.1, -0.05) is 6.07 Å². The average Bonchev–Trinajstić information content (AvgIpc) is 3.52. The topological polar surface area (TPSA) is 156 Å². The molecular formula is C28H32FN7O5. The molecule has 3 aliphatic rings. The number of oxazole rings is 1. The van der Waals surface area contributed by atoms with E-state index in [1.54, 1.807) is 32.3 Å². The van der Waals surface area contributed by atoms with E-state index in [0.717, 1.165) is 54.8 Å². The normalized spacial score (nSPS) is 22.7. The number of hydrogen-bond donors (Lipinski definition) is 4. The fraction of sp³-hybridized carbons (Fsp3) is 0.464. The highest BCUT2D eigenvalue weighted by molar-refractivity contribution is 5.93. The van der Waals surface area contributed by atoms with Crippen molar-refractivity contribution in [3.05, 3.63) is 63.8 Å². The second-order valence-electron chi connectivity index (χ2n) is 11.3. The smallest absolute Gasteiger partial charge is 0.408 e. The van der Waals surface area contributed by atoms with Crippen molar-refractivity contribution in [1.82, 2.24) is 35.1 Å². The van der Waals surface area contributed by atoms with Gasteiger partial charge in [0.05, 0.1) is 17.4 Å². The Balaban J connectivity index is 1.17. The van der Waals surface area contributed by atoms with Gasteiger partial charge in [-0.05, 0) is 67.7 Å². The maximum absolute atomic E-state index is 14.6. The first kappa shape index (κ1) is 27.1. The molecule has 0 aliphatic heterocycles. The summed E-state index contributed by atoms with van der Waals surface area (Å²) in [5, 5.41) is 23.6. The molecule has 3 heterocycles. The van der Waals surface area contributed by atoms with Crippen molar-refractivity contribution in [3.63, 3.8) is 0 Å². The van der Waals surface area contributed by atoms with E-state index < -0.39 is 23.7 Å². The van der Waals surface area contributed by atoms with Crippen molar-refractivity contribution in [2.24, 2.45) is 17.9 Å². The molecule has 0 radical (unpaired) electrons. The monoisotopic (exact) mass is 565 g/mol. The molecule has 4 N–H and O–H groups in total. The lowest BCUT2D eigenvalue weighted by Crippen LogP contribution is -2.52. The highest BCUT2D eigenvalue weighted by atomic mass is 19.1. The van der Waals surface area contributed by atoms with Gasteiger partial charge < -0.3 is 20.2 Å². The van der Waals surface area contributed by atoms with Gasteiger partial charge in [-0.3, -0.25) is 19.5 Å². The molecule has 0 saturated heterocycles. The minimum absolute atomic E-state index is 0.0484. The van der Waals surface area contributed by atoms with Crippen LogP contribution < -0.4 is 21.7 Å². The number of fused-ring (bicyclic) bond motifs is 5. The van der Waals surface area contributed by atoms with Gasteiger partial charge >= 0.3 is 5.76 Å². The number of halogens is 1. The first-order valence-electron chi connectivity index (χ1n) is 13.7. The third kappa shape index (κ3) is 4.68. The molecule has 2 bridgehead atoms. The summed E-state index contributed by atoms with van der Waals surface area (Å²) in [6, 6.07) is 6.59. The Morgan fingerprint density at radius 1 is 1.17 bits per heavy atom. The van der Waals surface area contributed by atoms with Gasteiger partial charge in [0, 0.05) is 32.6 Å². The van der Waals surface area contributed by atoms with Crippen molar-refractivity contribution < 1.29 is 23.5 Å². The number of carbonyl (C=O) groups is 2. The van der Waals surface area contributed by atoms with Crippen LogP contribution in [-0.2, 0) is 18.4 Å². The van der Waals surface area contributed by atoms with Gasteiger partial charge in [0.2, 0.25) is 5.91 Å². The number of amides is 2. The highest BCUT2D eigenvalue weighted by Crippen LogP contribution is 2.56. The van der Waals surface area contributed by atoms with E-state index in [1.807, 2.05) is 0 Å². The van der Waals surface area contributed by atoms with Crippen molar-refractivity contribution in [3.8, 4) is 0 Å². The number of nitrogens with zero attached hydrogens (tertiary/aromatic N) is 4. The molecule has 2 amide bonds. The Morgan fingerprint density at radius 2 is 1.90 bits per heavy atom. The summed E-state index contributed by atoms with van der Waals surface area (Å²) in [7, 11) is 3.28. The minimum Gasteiger partial charge on any atom is -0.408 e. The number of aryl methyl sites for hydroxylation is 1. The van der Waals surface area contributed by atoms with E-state index >= 15 is 0 Å². The van der Waals surface area contributed by atoms with Crippen molar-refractivity contribution in [1.29, 1.82) is 0 Å². The number of aliphatic hydroxyl groups excluding tert-OH is 1. The summed E-state index contributed by atoms with van der Waals surface area (Å²) in [6.07, 6.45) is 4.56. The number of rotatable bonds is 8. The van der Waals surface area contributed by atoms with Crippen LogP contribution in [0.25, 0.3) is 16.7 Å². The van der Waals surface area contributed by atoms with Crippen LogP contribution >= 0.6 is 0 Å². The number of hydrogen-bond acceptors (Lipinski definition) is 8. The van der Waals surface area contributed by atoms with Crippen LogP contribution in [0.3, 0.4) is 0 Å². The standard InChI is InChI=1S/C28H32FN7O5/c1-30-25(39)28-8-5-27(6-9-28,7-10-28)15-32-24(38)20-12-18(34-22-17(29)14-33-36(20)22)23(37)31-13-16-3-4-21-19(11-16)35(2)26(40)41-21/h3-4,11-12,14,23,31,37H,5-10,13,15H2,1-2H3,(H,30,39)(H,32,38). The third-order valence-corrected chi connectivity index (χ3v) is 9.05. The molecule has 0 spiro atoms. The second kappa shape index (κ2) is 10.1. The molecule has 41 heavy (non-hydrogen) atoms. The molecule has 3 aliphatic carbocycles. The van der Waals surface area contributed by atoms with Crippen LogP contribution in [0, 0.1) is 16.6 Å². The third-order valence-electron chi connectivity index (χ3n) is 9.05. The number of benzene rings is 1. The lowest BCUT2D eigenvalue weighted by Gasteiger charge is -2.52. The van der Waals surface area contributed by atoms with E-state index in [4.69, 9.17) is 4.42 Å². The zero-order chi connectivity index (χ0) is 28.9. The Bertz CT molecular complexity index is 1700. The number of carbonyl (C=O) groups excluding carboxylic acids is 2. The SMILES string of the molecule is CNC(=O)C12CCC(CNC(=O)c3cc(C(O)NCc4ccc5oc(=O)n(C)c5c4)nc4c(F)cnn34)(CC1)CC2. The van der Waals surface area contributed by atoms with Gasteiger partial charge in [-0.15, -0.1) is 0 Å². The van der Waals surface area contributed by atoms with E-state index in [-0.39, 0.29) is 40.3 Å². The first-order chi connectivity index (χ1) is 19.6. The number of aromatic nitrogens is 4. The van der Waals surface area contributed by atoms with Crippen molar-refractivity contribution >= 4 is 28.6 Å². The average molecular weight is 566 g/mol. The van der Waals surface area contributed by atoms with Gasteiger partial charge in [-0.2, -0.15) is 5.10 Å². The number of nitrogens with one attached hydrogen (secondary N) is 3. The van der Waals surface area contributed by atoms with Crippen LogP contribution in [0.4, 0.5) is 4.39 Å². The quantitative estimate of drug-likeness (QED) is 0.236. The fourth-order valence-corrected chi connectivity index (χ4v) is 6.35. The zero-order valence-corrected chi connectivity index (χ0v) is 22.9. The maximum atomic E-state index is 14.6. The Labute approximate surface area is 233 Å². The van der Waals surface area contributed by atoms with E-state index in [9.17, 15) is 23.9 Å².